The van der Waals surface area contributed by atoms with E-state index < -0.39 is 5.97 Å². The number of nitrogens with two attached hydrogens (primary N) is 1. The van der Waals surface area contributed by atoms with Crippen LogP contribution >= 0.6 is 12.6 Å². The first kappa shape index (κ1) is 12.5. The largest absolute Gasteiger partial charge is 2.00 e. The first-order chi connectivity index (χ1) is 5.65. The molecule has 3 nitrogen and oxygen atoms in total. The molecule has 0 aromatic heterocycles. The predicted molar refractivity (Wildman–Crippen MR) is 49.4 cm³/mol. The monoisotopic (exact) mass is 247 g/mol. The quantitative estimate of drug-likeness (QED) is 0.341. The van der Waals surface area contributed by atoms with Crippen molar-refractivity contribution in [2.45, 2.75) is 4.90 Å². The Bertz CT molecular complexity index is 317. The topological polar surface area (TPSA) is 52.3 Å². The minimum Gasteiger partial charge on any atom is -0.465 e. The maximum absolute atomic E-state index is 11.0. The van der Waals surface area contributed by atoms with Crippen molar-refractivity contribution in [2.24, 2.45) is 0 Å². The summed E-state index contributed by atoms with van der Waals surface area (Å²) in [5.41, 5.74) is 6.44. The normalized spacial score (nSPS) is 8.77. The molecular weight excluding hydrogens is 240 g/mol. The number of benzene rings is 1. The van der Waals surface area contributed by atoms with Crippen molar-refractivity contribution in [3.8, 4) is 0 Å². The molecule has 0 amide bonds. The van der Waals surface area contributed by atoms with Crippen LogP contribution in [0.4, 0.5) is 5.69 Å². The molecule has 0 unspecified atom stereocenters. The van der Waals surface area contributed by atoms with E-state index >= 15 is 0 Å². The standard InChI is InChI=1S/C8H9NO2S.Zn/c1-11-8(10)5-2-3-7(12)6(9)4-5;/h2-4,12H,9H2,1H3;/q;+2. The second-order valence-electron chi connectivity index (χ2n) is 2.27. The fraction of sp³-hybridized carbons (Fsp3) is 0.125. The number of carbonyl (C=O) groups excluding carboxylic acids is 1. The SMILES string of the molecule is COC(=O)c1ccc(S)c(N)c1.[Zn+2]. The summed E-state index contributed by atoms with van der Waals surface area (Å²) in [4.78, 5) is 11.6. The smallest absolute Gasteiger partial charge is 0.465 e. The number of thiol groups is 1. The van der Waals surface area contributed by atoms with Gasteiger partial charge in [0.25, 0.3) is 0 Å². The molecular formula is C8H9NO2SZn+2. The van der Waals surface area contributed by atoms with Crippen molar-refractivity contribution in [1.29, 1.82) is 0 Å². The van der Waals surface area contributed by atoms with E-state index in [0.717, 1.165) is 0 Å². The number of hydrogen-bond acceptors (Lipinski definition) is 4. The fourth-order valence-corrected chi connectivity index (χ4v) is 0.938. The third-order valence-corrected chi connectivity index (χ3v) is 1.86. The van der Waals surface area contributed by atoms with Crippen LogP contribution in [0, 0.1) is 0 Å². The second-order valence-corrected chi connectivity index (χ2v) is 2.75. The molecule has 1 rings (SSSR count). The minimum absolute atomic E-state index is 0. The number of methoxy groups -OCH3 is 1. The van der Waals surface area contributed by atoms with Crippen LogP contribution in [0.3, 0.4) is 0 Å². The van der Waals surface area contributed by atoms with Gasteiger partial charge >= 0.3 is 25.4 Å². The van der Waals surface area contributed by atoms with Gasteiger partial charge in [0.15, 0.2) is 0 Å². The summed E-state index contributed by atoms with van der Waals surface area (Å²) in [7, 11) is 1.33. The molecule has 13 heavy (non-hydrogen) atoms. The molecule has 0 radical (unpaired) electrons. The van der Waals surface area contributed by atoms with Gasteiger partial charge in [-0.3, -0.25) is 0 Å². The maximum atomic E-state index is 11.0. The van der Waals surface area contributed by atoms with Gasteiger partial charge < -0.3 is 10.5 Å². The zero-order chi connectivity index (χ0) is 9.14. The van der Waals surface area contributed by atoms with Crippen molar-refractivity contribution in [3.05, 3.63) is 23.8 Å². The maximum Gasteiger partial charge on any atom is 2.00 e. The van der Waals surface area contributed by atoms with Gasteiger partial charge in [-0.2, -0.15) is 0 Å². The van der Waals surface area contributed by atoms with Gasteiger partial charge in [0.1, 0.15) is 0 Å². The Balaban J connectivity index is 0.00000144. The van der Waals surface area contributed by atoms with E-state index in [1.807, 2.05) is 0 Å². The number of anilines is 1. The van der Waals surface area contributed by atoms with E-state index in [-0.39, 0.29) is 19.5 Å². The number of carbonyl (C=O) groups is 1. The van der Waals surface area contributed by atoms with Gasteiger partial charge in [0, 0.05) is 10.6 Å². The number of ether oxygens (including phenoxy) is 1. The number of nitrogen functional groups attached to an aromatic ring is 1. The Morgan fingerprint density at radius 1 is 1.54 bits per heavy atom. The Morgan fingerprint density at radius 3 is 2.62 bits per heavy atom. The van der Waals surface area contributed by atoms with Crippen LogP contribution < -0.4 is 5.73 Å². The van der Waals surface area contributed by atoms with Crippen molar-refractivity contribution in [1.82, 2.24) is 0 Å². The summed E-state index contributed by atoms with van der Waals surface area (Å²) >= 11 is 4.07. The van der Waals surface area contributed by atoms with Crippen LogP contribution in [0.5, 0.6) is 0 Å². The van der Waals surface area contributed by atoms with Crippen LogP contribution in [0.15, 0.2) is 23.1 Å². The van der Waals surface area contributed by atoms with Crippen LogP contribution in [-0.4, -0.2) is 13.1 Å². The summed E-state index contributed by atoms with van der Waals surface area (Å²) in [5, 5.41) is 0. The van der Waals surface area contributed by atoms with Crippen LogP contribution in [0.25, 0.3) is 0 Å². The molecule has 0 atom stereocenters. The van der Waals surface area contributed by atoms with E-state index in [1.54, 1.807) is 12.1 Å². The van der Waals surface area contributed by atoms with Crippen molar-refractivity contribution >= 4 is 24.3 Å². The Morgan fingerprint density at radius 2 is 2.15 bits per heavy atom. The second kappa shape index (κ2) is 5.25. The van der Waals surface area contributed by atoms with E-state index in [9.17, 15) is 4.79 Å². The Hall–Kier alpha value is -0.537. The van der Waals surface area contributed by atoms with Crippen molar-refractivity contribution < 1.29 is 29.0 Å². The zero-order valence-electron chi connectivity index (χ0n) is 7.28. The molecule has 0 aliphatic heterocycles. The van der Waals surface area contributed by atoms with Gasteiger partial charge in [-0.25, -0.2) is 4.79 Å². The molecule has 64 valence electrons. The molecule has 0 heterocycles. The number of esters is 1. The van der Waals surface area contributed by atoms with Crippen molar-refractivity contribution in [2.75, 3.05) is 12.8 Å². The Kier molecular flexibility index (Phi) is 5.03. The number of hydrogen-bond donors (Lipinski definition) is 2. The number of rotatable bonds is 1. The molecule has 0 spiro atoms. The van der Waals surface area contributed by atoms with Gasteiger partial charge in [-0.1, -0.05) is 0 Å². The molecule has 0 aliphatic carbocycles. The minimum atomic E-state index is -0.393. The molecule has 0 saturated carbocycles. The van der Waals surface area contributed by atoms with E-state index in [2.05, 4.69) is 17.4 Å². The molecule has 0 aliphatic rings. The van der Waals surface area contributed by atoms with E-state index in [1.165, 1.54) is 13.2 Å². The third kappa shape index (κ3) is 3.01. The summed E-state index contributed by atoms with van der Waals surface area (Å²) in [5.74, 6) is -0.393. The van der Waals surface area contributed by atoms with Gasteiger partial charge in [-0.15, -0.1) is 12.6 Å². The first-order valence-electron chi connectivity index (χ1n) is 3.32. The molecule has 0 saturated heterocycles. The Labute approximate surface area is 94.8 Å². The van der Waals surface area contributed by atoms with Gasteiger partial charge in [0.05, 0.1) is 12.7 Å². The van der Waals surface area contributed by atoms with Crippen LogP contribution in [-0.2, 0) is 24.2 Å². The predicted octanol–water partition coefficient (Wildman–Crippen LogP) is 1.34. The van der Waals surface area contributed by atoms with Gasteiger partial charge in [0.2, 0.25) is 0 Å². The van der Waals surface area contributed by atoms with Crippen LogP contribution in [0.1, 0.15) is 10.4 Å². The molecule has 0 bridgehead atoms. The molecule has 2 N–H and O–H groups in total. The van der Waals surface area contributed by atoms with Gasteiger partial charge in [-0.05, 0) is 18.2 Å². The molecule has 1 aromatic rings. The molecule has 0 fully saturated rings. The summed E-state index contributed by atoms with van der Waals surface area (Å²) in [6, 6.07) is 4.81. The third-order valence-electron chi connectivity index (χ3n) is 1.45. The summed E-state index contributed by atoms with van der Waals surface area (Å²) in [6.45, 7) is 0. The first-order valence-corrected chi connectivity index (χ1v) is 3.76. The fourth-order valence-electron chi connectivity index (χ4n) is 0.799. The average molecular weight is 249 g/mol. The average Bonchev–Trinajstić information content (AvgIpc) is 2.08. The molecule has 1 aromatic carbocycles. The summed E-state index contributed by atoms with van der Waals surface area (Å²) in [6.07, 6.45) is 0. The molecule has 5 heteroatoms. The van der Waals surface area contributed by atoms with E-state index in [0.29, 0.717) is 16.1 Å². The zero-order valence-corrected chi connectivity index (χ0v) is 11.1. The van der Waals surface area contributed by atoms with Crippen molar-refractivity contribution in [3.63, 3.8) is 0 Å². The summed E-state index contributed by atoms with van der Waals surface area (Å²) < 4.78 is 4.51. The van der Waals surface area contributed by atoms with Crippen LogP contribution in [0.2, 0.25) is 0 Å². The van der Waals surface area contributed by atoms with E-state index in [4.69, 9.17) is 5.73 Å².